The first-order valence-electron chi connectivity index (χ1n) is 7.31. The molecule has 0 fully saturated rings. The molecule has 1 aromatic carbocycles. The molecule has 20 heavy (non-hydrogen) atoms. The Morgan fingerprint density at radius 2 is 2.10 bits per heavy atom. The maximum absolute atomic E-state index is 12.2. The Kier molecular flexibility index (Phi) is 5.36. The van der Waals surface area contributed by atoms with Crippen LogP contribution in [-0.2, 0) is 4.79 Å². The molecule has 0 aliphatic heterocycles. The first kappa shape index (κ1) is 14.8. The van der Waals surface area contributed by atoms with Crippen LogP contribution in [-0.4, -0.2) is 31.4 Å². The molecule has 1 amide bonds. The maximum Gasteiger partial charge on any atom is 0.221 e. The largest absolute Gasteiger partial charge is 0.348 e. The van der Waals surface area contributed by atoms with Gasteiger partial charge in [0, 0.05) is 13.0 Å². The van der Waals surface area contributed by atoms with E-state index in [1.54, 1.807) is 0 Å². The number of carbonyl (C=O) groups excluding carboxylic acids is 1. The van der Waals surface area contributed by atoms with E-state index < -0.39 is 0 Å². The fourth-order valence-corrected chi connectivity index (χ4v) is 2.64. The van der Waals surface area contributed by atoms with Crippen molar-refractivity contribution < 1.29 is 4.79 Å². The van der Waals surface area contributed by atoms with Gasteiger partial charge >= 0.3 is 0 Å². The molecule has 2 atom stereocenters. The van der Waals surface area contributed by atoms with Crippen molar-refractivity contribution in [2.24, 2.45) is 5.92 Å². The van der Waals surface area contributed by atoms with Crippen LogP contribution in [0.4, 0.5) is 0 Å². The highest BCUT2D eigenvalue weighted by atomic mass is 16.1. The summed E-state index contributed by atoms with van der Waals surface area (Å²) >= 11 is 0. The summed E-state index contributed by atoms with van der Waals surface area (Å²) in [5.41, 5.74) is 1.16. The molecular weight excluding hydrogens is 248 g/mol. The minimum Gasteiger partial charge on any atom is -0.348 e. The Labute approximate surface area is 121 Å². The zero-order chi connectivity index (χ0) is 14.4. The molecule has 1 aliphatic carbocycles. The van der Waals surface area contributed by atoms with Gasteiger partial charge in [0.1, 0.15) is 0 Å². The van der Waals surface area contributed by atoms with Crippen molar-refractivity contribution in [3.8, 4) is 0 Å². The highest BCUT2D eigenvalue weighted by Crippen LogP contribution is 2.21. The molecular formula is C17H24N2O. The van der Waals surface area contributed by atoms with Crippen LogP contribution in [0.1, 0.15) is 30.9 Å². The summed E-state index contributed by atoms with van der Waals surface area (Å²) in [6.45, 7) is 0.816. The number of nitrogens with one attached hydrogen (secondary N) is 1. The van der Waals surface area contributed by atoms with Gasteiger partial charge in [-0.15, -0.1) is 0 Å². The Morgan fingerprint density at radius 3 is 2.70 bits per heavy atom. The average Bonchev–Trinajstić information content (AvgIpc) is 2.91. The number of amides is 1. The number of hydrogen-bond donors (Lipinski definition) is 1. The van der Waals surface area contributed by atoms with Gasteiger partial charge < -0.3 is 10.2 Å². The van der Waals surface area contributed by atoms with Crippen LogP contribution in [0.2, 0.25) is 0 Å². The van der Waals surface area contributed by atoms with E-state index in [9.17, 15) is 4.79 Å². The molecule has 3 nitrogen and oxygen atoms in total. The van der Waals surface area contributed by atoms with Crippen LogP contribution in [0.5, 0.6) is 0 Å². The lowest BCUT2D eigenvalue weighted by Gasteiger charge is -2.23. The normalized spacial score (nSPS) is 19.2. The van der Waals surface area contributed by atoms with Gasteiger partial charge in [0.2, 0.25) is 5.91 Å². The minimum absolute atomic E-state index is 0.0593. The molecule has 3 heteroatoms. The van der Waals surface area contributed by atoms with Gasteiger partial charge in [-0.05, 0) is 38.4 Å². The third kappa shape index (κ3) is 4.49. The lowest BCUT2D eigenvalue weighted by molar-refractivity contribution is -0.122. The Hall–Kier alpha value is -1.61. The van der Waals surface area contributed by atoms with Crippen molar-refractivity contribution in [2.75, 3.05) is 20.6 Å². The Balaban J connectivity index is 1.96. The standard InChI is InChI=1S/C17H24N2O/c1-19(2)13-16(15-10-4-3-5-11-15)18-17(20)12-14-8-6-7-9-14/h3-6,8,10-11,14,16H,7,9,12-13H2,1-2H3,(H,18,20). The smallest absolute Gasteiger partial charge is 0.221 e. The summed E-state index contributed by atoms with van der Waals surface area (Å²) < 4.78 is 0. The number of allylic oxidation sites excluding steroid dienone is 2. The van der Waals surface area contributed by atoms with Gasteiger partial charge in [0.25, 0.3) is 0 Å². The quantitative estimate of drug-likeness (QED) is 0.808. The van der Waals surface area contributed by atoms with Crippen LogP contribution in [0.25, 0.3) is 0 Å². The molecule has 1 N–H and O–H groups in total. The van der Waals surface area contributed by atoms with E-state index in [-0.39, 0.29) is 11.9 Å². The van der Waals surface area contributed by atoms with Crippen molar-refractivity contribution in [3.05, 3.63) is 48.0 Å². The third-order valence-electron chi connectivity index (χ3n) is 3.64. The molecule has 0 aromatic heterocycles. The van der Waals surface area contributed by atoms with E-state index in [0.29, 0.717) is 12.3 Å². The lowest BCUT2D eigenvalue weighted by atomic mass is 10.0. The zero-order valence-corrected chi connectivity index (χ0v) is 12.4. The van der Waals surface area contributed by atoms with Crippen LogP contribution in [0.3, 0.4) is 0 Å². The Bertz CT molecular complexity index is 453. The molecule has 2 rings (SSSR count). The van der Waals surface area contributed by atoms with E-state index >= 15 is 0 Å². The monoisotopic (exact) mass is 272 g/mol. The maximum atomic E-state index is 12.2. The molecule has 2 unspecified atom stereocenters. The first-order chi connectivity index (χ1) is 9.65. The number of rotatable bonds is 6. The van der Waals surface area contributed by atoms with Crippen molar-refractivity contribution >= 4 is 5.91 Å². The van der Waals surface area contributed by atoms with Gasteiger partial charge in [0.15, 0.2) is 0 Å². The molecule has 1 aliphatic rings. The van der Waals surface area contributed by atoms with Crippen LogP contribution in [0.15, 0.2) is 42.5 Å². The Morgan fingerprint density at radius 1 is 1.35 bits per heavy atom. The van der Waals surface area contributed by atoms with Crippen molar-refractivity contribution in [1.29, 1.82) is 0 Å². The lowest BCUT2D eigenvalue weighted by Crippen LogP contribution is -2.35. The first-order valence-corrected chi connectivity index (χ1v) is 7.31. The second-order valence-corrected chi connectivity index (χ2v) is 5.76. The predicted molar refractivity (Wildman–Crippen MR) is 82.4 cm³/mol. The molecule has 1 aromatic rings. The highest BCUT2D eigenvalue weighted by molar-refractivity contribution is 5.77. The topological polar surface area (TPSA) is 32.3 Å². The molecule has 0 saturated heterocycles. The fourth-order valence-electron chi connectivity index (χ4n) is 2.64. The summed E-state index contributed by atoms with van der Waals surface area (Å²) in [5.74, 6) is 0.572. The summed E-state index contributed by atoms with van der Waals surface area (Å²) in [6.07, 6.45) is 7.16. The van der Waals surface area contributed by atoms with E-state index in [1.165, 1.54) is 0 Å². The molecule has 0 bridgehead atoms. The predicted octanol–water partition coefficient (Wildman–Crippen LogP) is 2.76. The summed E-state index contributed by atoms with van der Waals surface area (Å²) in [7, 11) is 4.06. The summed E-state index contributed by atoms with van der Waals surface area (Å²) in [5, 5.41) is 3.18. The highest BCUT2D eigenvalue weighted by Gasteiger charge is 2.18. The third-order valence-corrected chi connectivity index (χ3v) is 3.64. The number of carbonyl (C=O) groups is 1. The SMILES string of the molecule is CN(C)CC(NC(=O)CC1C=CCC1)c1ccccc1. The number of likely N-dealkylation sites (N-methyl/N-ethyl adjacent to an activating group) is 1. The van der Waals surface area contributed by atoms with Gasteiger partial charge in [-0.3, -0.25) is 4.79 Å². The summed E-state index contributed by atoms with van der Waals surface area (Å²) in [4.78, 5) is 14.3. The van der Waals surface area contributed by atoms with E-state index in [4.69, 9.17) is 0 Å². The zero-order valence-electron chi connectivity index (χ0n) is 12.4. The molecule has 0 saturated carbocycles. The van der Waals surface area contributed by atoms with Crippen LogP contribution in [0, 0.1) is 5.92 Å². The van der Waals surface area contributed by atoms with E-state index in [0.717, 1.165) is 24.9 Å². The van der Waals surface area contributed by atoms with Crippen molar-refractivity contribution in [3.63, 3.8) is 0 Å². The molecule has 0 spiro atoms. The average molecular weight is 272 g/mol. The number of benzene rings is 1. The van der Waals surface area contributed by atoms with E-state index in [2.05, 4.69) is 34.5 Å². The van der Waals surface area contributed by atoms with Crippen molar-refractivity contribution in [2.45, 2.75) is 25.3 Å². The minimum atomic E-state index is 0.0593. The van der Waals surface area contributed by atoms with Gasteiger partial charge in [-0.25, -0.2) is 0 Å². The van der Waals surface area contributed by atoms with Crippen LogP contribution < -0.4 is 5.32 Å². The number of hydrogen-bond acceptors (Lipinski definition) is 2. The second kappa shape index (κ2) is 7.25. The van der Waals surface area contributed by atoms with Crippen LogP contribution >= 0.6 is 0 Å². The molecule has 108 valence electrons. The number of nitrogens with zero attached hydrogens (tertiary/aromatic N) is 1. The van der Waals surface area contributed by atoms with Gasteiger partial charge in [0.05, 0.1) is 6.04 Å². The van der Waals surface area contributed by atoms with Gasteiger partial charge in [-0.2, -0.15) is 0 Å². The second-order valence-electron chi connectivity index (χ2n) is 5.76. The molecule has 0 radical (unpaired) electrons. The van der Waals surface area contributed by atoms with E-state index in [1.807, 2.05) is 32.3 Å². The molecule has 0 heterocycles. The fraction of sp³-hybridized carbons (Fsp3) is 0.471. The van der Waals surface area contributed by atoms with Gasteiger partial charge in [-0.1, -0.05) is 42.5 Å². The van der Waals surface area contributed by atoms with Crippen molar-refractivity contribution in [1.82, 2.24) is 10.2 Å². The summed E-state index contributed by atoms with van der Waals surface area (Å²) in [6, 6.07) is 10.2.